The van der Waals surface area contributed by atoms with Crippen molar-refractivity contribution in [2.24, 2.45) is 11.3 Å². The van der Waals surface area contributed by atoms with Crippen molar-refractivity contribution in [1.82, 2.24) is 9.78 Å². The summed E-state index contributed by atoms with van der Waals surface area (Å²) in [7, 11) is 0. The van der Waals surface area contributed by atoms with E-state index in [9.17, 15) is 18.0 Å². The zero-order valence-electron chi connectivity index (χ0n) is 15.1. The Morgan fingerprint density at radius 1 is 1.35 bits per heavy atom. The summed E-state index contributed by atoms with van der Waals surface area (Å²) in [6, 6.07) is 1.45. The summed E-state index contributed by atoms with van der Waals surface area (Å²) in [6.45, 7) is 3.64. The number of nitrogens with zero attached hydrogens (tertiary/aromatic N) is 2. The first kappa shape index (κ1) is 19.0. The highest BCUT2D eigenvalue weighted by atomic mass is 19.4. The molecule has 3 rings (SSSR count). The Morgan fingerprint density at radius 2 is 2.04 bits per heavy atom. The van der Waals surface area contributed by atoms with Gasteiger partial charge in [0.15, 0.2) is 0 Å². The molecule has 0 saturated heterocycles. The van der Waals surface area contributed by atoms with Crippen LogP contribution in [0, 0.1) is 11.3 Å². The maximum Gasteiger partial charge on any atom is 0.435 e. The first-order valence-corrected chi connectivity index (χ1v) is 9.09. The highest BCUT2D eigenvalue weighted by molar-refractivity contribution is 5.69. The standard InChI is InChI=1S/C18H25F3N2O3/c1-16(2,7-5-13-3-4-13)26-15(24)23-11-6-14(22-23)25-12-10-17(8-9-17)18(19,20)21/h6,11,13H,3-5,7-10,12H2,1-2H3. The van der Waals surface area contributed by atoms with Gasteiger partial charge < -0.3 is 9.47 Å². The van der Waals surface area contributed by atoms with E-state index >= 15 is 0 Å². The van der Waals surface area contributed by atoms with Crippen LogP contribution in [0.25, 0.3) is 0 Å². The van der Waals surface area contributed by atoms with Crippen LogP contribution in [0.3, 0.4) is 0 Å². The molecule has 2 aliphatic carbocycles. The first-order valence-electron chi connectivity index (χ1n) is 9.09. The largest absolute Gasteiger partial charge is 0.477 e. The van der Waals surface area contributed by atoms with Gasteiger partial charge >= 0.3 is 12.3 Å². The number of alkyl halides is 3. The molecular formula is C18H25F3N2O3. The summed E-state index contributed by atoms with van der Waals surface area (Å²) in [5, 5.41) is 3.94. The Labute approximate surface area is 150 Å². The van der Waals surface area contributed by atoms with Gasteiger partial charge in [-0.3, -0.25) is 0 Å². The highest BCUT2D eigenvalue weighted by Crippen LogP contribution is 2.59. The zero-order valence-corrected chi connectivity index (χ0v) is 15.1. The summed E-state index contributed by atoms with van der Waals surface area (Å²) in [4.78, 5) is 12.2. The van der Waals surface area contributed by atoms with Crippen LogP contribution in [0.15, 0.2) is 12.3 Å². The summed E-state index contributed by atoms with van der Waals surface area (Å²) >= 11 is 0. The van der Waals surface area contributed by atoms with Gasteiger partial charge in [-0.2, -0.15) is 17.9 Å². The van der Waals surface area contributed by atoms with Gasteiger partial charge in [0.25, 0.3) is 0 Å². The van der Waals surface area contributed by atoms with Crippen LogP contribution in [0.5, 0.6) is 5.88 Å². The van der Waals surface area contributed by atoms with Crippen LogP contribution in [0.2, 0.25) is 0 Å². The third-order valence-corrected chi connectivity index (χ3v) is 5.25. The fourth-order valence-corrected chi connectivity index (χ4v) is 2.96. The molecule has 0 N–H and O–H groups in total. The van der Waals surface area contributed by atoms with Crippen molar-refractivity contribution in [2.75, 3.05) is 6.61 Å². The SMILES string of the molecule is CC(C)(CCC1CC1)OC(=O)n1ccc(OCCC2(C(F)(F)F)CC2)n1. The minimum Gasteiger partial charge on any atom is -0.477 e. The molecule has 2 aliphatic rings. The first-order chi connectivity index (χ1) is 12.1. The van der Waals surface area contributed by atoms with Gasteiger partial charge in [0.05, 0.1) is 12.0 Å². The maximum absolute atomic E-state index is 12.9. The van der Waals surface area contributed by atoms with E-state index in [1.165, 1.54) is 25.1 Å². The number of hydrogen-bond donors (Lipinski definition) is 0. The highest BCUT2D eigenvalue weighted by Gasteiger charge is 2.62. The van der Waals surface area contributed by atoms with Gasteiger partial charge in [-0.25, -0.2) is 4.79 Å². The zero-order chi connectivity index (χ0) is 19.0. The molecule has 0 spiro atoms. The van der Waals surface area contributed by atoms with Crippen molar-refractivity contribution < 1.29 is 27.4 Å². The molecule has 1 aromatic heterocycles. The molecule has 0 aliphatic heterocycles. The lowest BCUT2D eigenvalue weighted by Crippen LogP contribution is -2.30. The minimum atomic E-state index is -4.19. The van der Waals surface area contributed by atoms with E-state index < -0.39 is 23.3 Å². The third-order valence-electron chi connectivity index (χ3n) is 5.25. The van der Waals surface area contributed by atoms with Gasteiger partial charge in [0.1, 0.15) is 5.60 Å². The smallest absolute Gasteiger partial charge is 0.435 e. The summed E-state index contributed by atoms with van der Waals surface area (Å²) < 4.78 is 50.4. The Morgan fingerprint density at radius 3 is 2.62 bits per heavy atom. The Kier molecular flexibility index (Phi) is 4.96. The number of rotatable bonds is 8. The lowest BCUT2D eigenvalue weighted by molar-refractivity contribution is -0.190. The number of aromatic nitrogens is 2. The molecule has 1 aromatic rings. The van der Waals surface area contributed by atoms with Crippen molar-refractivity contribution in [3.63, 3.8) is 0 Å². The summed E-state index contributed by atoms with van der Waals surface area (Å²) in [6.07, 6.45) is 1.11. The molecule has 0 bridgehead atoms. The van der Waals surface area contributed by atoms with Gasteiger partial charge in [-0.1, -0.05) is 12.8 Å². The molecule has 2 fully saturated rings. The Hall–Kier alpha value is -1.73. The van der Waals surface area contributed by atoms with Crippen LogP contribution in [-0.4, -0.2) is 34.3 Å². The van der Waals surface area contributed by atoms with Crippen LogP contribution < -0.4 is 4.74 Å². The molecule has 0 radical (unpaired) electrons. The fourth-order valence-electron chi connectivity index (χ4n) is 2.96. The number of ether oxygens (including phenoxy) is 2. The molecule has 0 unspecified atom stereocenters. The van der Waals surface area contributed by atoms with E-state index in [0.29, 0.717) is 0 Å². The van der Waals surface area contributed by atoms with Crippen LogP contribution >= 0.6 is 0 Å². The second-order valence-electron chi connectivity index (χ2n) is 8.08. The van der Waals surface area contributed by atoms with Crippen molar-refractivity contribution in [3.05, 3.63) is 12.3 Å². The predicted molar refractivity (Wildman–Crippen MR) is 88.0 cm³/mol. The number of carbonyl (C=O) groups is 1. The molecule has 0 atom stereocenters. The predicted octanol–water partition coefficient (Wildman–Crippen LogP) is 4.95. The monoisotopic (exact) mass is 374 g/mol. The summed E-state index contributed by atoms with van der Waals surface area (Å²) in [5.74, 6) is 0.875. The molecule has 0 aromatic carbocycles. The van der Waals surface area contributed by atoms with Gasteiger partial charge in [-0.15, -0.1) is 5.10 Å². The van der Waals surface area contributed by atoms with E-state index in [-0.39, 0.29) is 31.7 Å². The number of carbonyl (C=O) groups excluding carboxylic acids is 1. The van der Waals surface area contributed by atoms with Crippen LogP contribution in [0.4, 0.5) is 18.0 Å². The Bertz CT molecular complexity index is 646. The Balaban J connectivity index is 1.45. The molecule has 2 saturated carbocycles. The van der Waals surface area contributed by atoms with Gasteiger partial charge in [-0.05, 0) is 51.9 Å². The van der Waals surface area contributed by atoms with Crippen LogP contribution in [-0.2, 0) is 4.74 Å². The lowest BCUT2D eigenvalue weighted by Gasteiger charge is -2.24. The van der Waals surface area contributed by atoms with E-state index in [1.807, 2.05) is 13.8 Å². The third kappa shape index (κ3) is 4.71. The minimum absolute atomic E-state index is 0.0849. The summed E-state index contributed by atoms with van der Waals surface area (Å²) in [5.41, 5.74) is -2.18. The molecule has 26 heavy (non-hydrogen) atoms. The molecule has 146 valence electrons. The second-order valence-corrected chi connectivity index (χ2v) is 8.08. The average molecular weight is 374 g/mol. The molecular weight excluding hydrogens is 349 g/mol. The van der Waals surface area contributed by atoms with Crippen molar-refractivity contribution in [1.29, 1.82) is 0 Å². The molecule has 5 nitrogen and oxygen atoms in total. The van der Waals surface area contributed by atoms with Gasteiger partial charge in [0, 0.05) is 12.3 Å². The topological polar surface area (TPSA) is 53.4 Å². The van der Waals surface area contributed by atoms with Crippen molar-refractivity contribution >= 4 is 6.09 Å². The number of hydrogen-bond acceptors (Lipinski definition) is 4. The second kappa shape index (κ2) is 6.78. The maximum atomic E-state index is 12.9. The molecule has 1 heterocycles. The lowest BCUT2D eigenvalue weighted by atomic mass is 10.0. The van der Waals surface area contributed by atoms with Gasteiger partial charge in [0.2, 0.25) is 5.88 Å². The molecule has 0 amide bonds. The van der Waals surface area contributed by atoms with E-state index in [4.69, 9.17) is 9.47 Å². The van der Waals surface area contributed by atoms with E-state index in [2.05, 4.69) is 5.10 Å². The number of halogens is 3. The fraction of sp³-hybridized carbons (Fsp3) is 0.778. The van der Waals surface area contributed by atoms with E-state index in [0.717, 1.165) is 23.4 Å². The molecule has 8 heteroatoms. The van der Waals surface area contributed by atoms with Crippen molar-refractivity contribution in [3.8, 4) is 5.88 Å². The van der Waals surface area contributed by atoms with E-state index in [1.54, 1.807) is 0 Å². The van der Waals surface area contributed by atoms with Crippen molar-refractivity contribution in [2.45, 2.75) is 70.6 Å². The normalized spacial score (nSPS) is 19.3. The quantitative estimate of drug-likeness (QED) is 0.646. The van der Waals surface area contributed by atoms with Crippen LogP contribution in [0.1, 0.15) is 58.8 Å². The average Bonchev–Trinajstić information content (AvgIpc) is 3.43.